The molecule has 0 aliphatic rings. The SMILES string of the molecule is C=CC(=O)Nc1c(O)ccc(CCC)c1C. The van der Waals surface area contributed by atoms with Crippen LogP contribution in [0.4, 0.5) is 5.69 Å². The van der Waals surface area contributed by atoms with Crippen molar-refractivity contribution in [2.24, 2.45) is 0 Å². The van der Waals surface area contributed by atoms with E-state index >= 15 is 0 Å². The quantitative estimate of drug-likeness (QED) is 0.604. The Kier molecular flexibility index (Phi) is 4.11. The minimum Gasteiger partial charge on any atom is -0.506 e. The Labute approximate surface area is 95.8 Å². The lowest BCUT2D eigenvalue weighted by atomic mass is 10.0. The van der Waals surface area contributed by atoms with Crippen LogP contribution >= 0.6 is 0 Å². The summed E-state index contributed by atoms with van der Waals surface area (Å²) in [5.41, 5.74) is 2.53. The van der Waals surface area contributed by atoms with E-state index < -0.39 is 0 Å². The van der Waals surface area contributed by atoms with E-state index in [1.54, 1.807) is 6.07 Å². The molecule has 86 valence electrons. The van der Waals surface area contributed by atoms with Crippen LogP contribution in [0.3, 0.4) is 0 Å². The summed E-state index contributed by atoms with van der Waals surface area (Å²) in [5, 5.41) is 12.3. The number of hydrogen-bond donors (Lipinski definition) is 2. The summed E-state index contributed by atoms with van der Waals surface area (Å²) in [4.78, 5) is 11.2. The van der Waals surface area contributed by atoms with Crippen molar-refractivity contribution in [1.29, 1.82) is 0 Å². The van der Waals surface area contributed by atoms with Gasteiger partial charge in [-0.2, -0.15) is 0 Å². The number of benzene rings is 1. The molecule has 0 bridgehead atoms. The zero-order chi connectivity index (χ0) is 12.1. The Bertz CT molecular complexity index is 411. The minimum atomic E-state index is -0.313. The number of anilines is 1. The molecule has 0 atom stereocenters. The summed E-state index contributed by atoms with van der Waals surface area (Å²) in [7, 11) is 0. The normalized spacial score (nSPS) is 9.88. The number of carbonyl (C=O) groups is 1. The van der Waals surface area contributed by atoms with Crippen LogP contribution in [0, 0.1) is 6.92 Å². The van der Waals surface area contributed by atoms with Crippen molar-refractivity contribution in [3.05, 3.63) is 35.9 Å². The van der Waals surface area contributed by atoms with E-state index in [9.17, 15) is 9.90 Å². The van der Waals surface area contributed by atoms with E-state index in [-0.39, 0.29) is 11.7 Å². The van der Waals surface area contributed by atoms with Crippen LogP contribution < -0.4 is 5.32 Å². The first kappa shape index (κ1) is 12.3. The molecule has 1 aromatic carbocycles. The Morgan fingerprint density at radius 3 is 2.81 bits per heavy atom. The maximum absolute atomic E-state index is 11.2. The van der Waals surface area contributed by atoms with E-state index in [2.05, 4.69) is 18.8 Å². The Balaban J connectivity index is 3.10. The molecule has 3 nitrogen and oxygen atoms in total. The third kappa shape index (κ3) is 2.63. The highest BCUT2D eigenvalue weighted by Gasteiger charge is 2.10. The first-order chi connectivity index (χ1) is 7.60. The smallest absolute Gasteiger partial charge is 0.247 e. The van der Waals surface area contributed by atoms with Crippen molar-refractivity contribution < 1.29 is 9.90 Å². The molecule has 0 heterocycles. The van der Waals surface area contributed by atoms with Gasteiger partial charge >= 0.3 is 0 Å². The van der Waals surface area contributed by atoms with Crippen LogP contribution in [0.5, 0.6) is 5.75 Å². The molecular weight excluding hydrogens is 202 g/mol. The Morgan fingerprint density at radius 1 is 1.56 bits per heavy atom. The predicted octanol–water partition coefficient (Wildman–Crippen LogP) is 2.78. The number of hydrogen-bond acceptors (Lipinski definition) is 2. The predicted molar refractivity (Wildman–Crippen MR) is 65.7 cm³/mol. The average molecular weight is 219 g/mol. The lowest BCUT2D eigenvalue weighted by Gasteiger charge is -2.12. The van der Waals surface area contributed by atoms with Gasteiger partial charge in [-0.25, -0.2) is 0 Å². The summed E-state index contributed by atoms with van der Waals surface area (Å²) in [6.45, 7) is 7.37. The van der Waals surface area contributed by atoms with Crippen LogP contribution in [0.15, 0.2) is 24.8 Å². The highest BCUT2D eigenvalue weighted by molar-refractivity contribution is 6.00. The maximum atomic E-state index is 11.2. The second-order valence-corrected chi connectivity index (χ2v) is 3.69. The van der Waals surface area contributed by atoms with Gasteiger partial charge in [0.25, 0.3) is 0 Å². The van der Waals surface area contributed by atoms with Crippen molar-refractivity contribution >= 4 is 11.6 Å². The number of amides is 1. The van der Waals surface area contributed by atoms with Gasteiger partial charge in [0.1, 0.15) is 5.75 Å². The fraction of sp³-hybridized carbons (Fsp3) is 0.308. The molecule has 0 aliphatic heterocycles. The van der Waals surface area contributed by atoms with E-state index in [0.29, 0.717) is 5.69 Å². The van der Waals surface area contributed by atoms with Crippen LogP contribution in [-0.4, -0.2) is 11.0 Å². The van der Waals surface area contributed by atoms with Gasteiger partial charge in [-0.1, -0.05) is 26.0 Å². The summed E-state index contributed by atoms with van der Waals surface area (Å²) >= 11 is 0. The summed E-state index contributed by atoms with van der Waals surface area (Å²) in [6.07, 6.45) is 3.15. The largest absolute Gasteiger partial charge is 0.506 e. The number of phenolic OH excluding ortho intramolecular Hbond substituents is 1. The number of rotatable bonds is 4. The zero-order valence-corrected chi connectivity index (χ0v) is 9.71. The molecule has 1 aromatic rings. The van der Waals surface area contributed by atoms with Crippen LogP contribution in [0.1, 0.15) is 24.5 Å². The molecule has 3 heteroatoms. The first-order valence-electron chi connectivity index (χ1n) is 5.35. The third-order valence-electron chi connectivity index (χ3n) is 2.51. The monoisotopic (exact) mass is 219 g/mol. The van der Waals surface area contributed by atoms with Crippen molar-refractivity contribution in [1.82, 2.24) is 0 Å². The number of aryl methyl sites for hydroxylation is 1. The summed E-state index contributed by atoms with van der Waals surface area (Å²) < 4.78 is 0. The highest BCUT2D eigenvalue weighted by atomic mass is 16.3. The van der Waals surface area contributed by atoms with Gasteiger partial charge in [-0.15, -0.1) is 0 Å². The second kappa shape index (κ2) is 5.35. The first-order valence-corrected chi connectivity index (χ1v) is 5.35. The second-order valence-electron chi connectivity index (χ2n) is 3.69. The number of aromatic hydroxyl groups is 1. The Hall–Kier alpha value is -1.77. The number of carbonyl (C=O) groups excluding carboxylic acids is 1. The summed E-state index contributed by atoms with van der Waals surface area (Å²) in [5.74, 6) is -0.223. The highest BCUT2D eigenvalue weighted by Crippen LogP contribution is 2.30. The van der Waals surface area contributed by atoms with E-state index in [0.717, 1.165) is 24.0 Å². The average Bonchev–Trinajstić information content (AvgIpc) is 2.28. The van der Waals surface area contributed by atoms with E-state index in [4.69, 9.17) is 0 Å². The van der Waals surface area contributed by atoms with Gasteiger partial charge < -0.3 is 10.4 Å². The van der Waals surface area contributed by atoms with Crippen LogP contribution in [0.25, 0.3) is 0 Å². The van der Waals surface area contributed by atoms with Crippen molar-refractivity contribution in [2.45, 2.75) is 26.7 Å². The van der Waals surface area contributed by atoms with Gasteiger partial charge in [0.15, 0.2) is 0 Å². The van der Waals surface area contributed by atoms with E-state index in [1.807, 2.05) is 13.0 Å². The third-order valence-corrected chi connectivity index (χ3v) is 2.51. The van der Waals surface area contributed by atoms with Crippen LogP contribution in [-0.2, 0) is 11.2 Å². The fourth-order valence-electron chi connectivity index (χ4n) is 1.61. The molecule has 0 aliphatic carbocycles. The zero-order valence-electron chi connectivity index (χ0n) is 9.71. The number of phenols is 1. The molecule has 0 spiro atoms. The molecular formula is C13H17NO2. The lowest BCUT2D eigenvalue weighted by molar-refractivity contribution is -0.111. The molecule has 16 heavy (non-hydrogen) atoms. The van der Waals surface area contributed by atoms with Gasteiger partial charge in [0.2, 0.25) is 5.91 Å². The van der Waals surface area contributed by atoms with Crippen molar-refractivity contribution in [3.63, 3.8) is 0 Å². The summed E-state index contributed by atoms with van der Waals surface area (Å²) in [6, 6.07) is 3.49. The fourth-order valence-corrected chi connectivity index (χ4v) is 1.61. The van der Waals surface area contributed by atoms with Crippen molar-refractivity contribution in [3.8, 4) is 5.75 Å². The van der Waals surface area contributed by atoms with E-state index in [1.165, 1.54) is 6.08 Å². The lowest BCUT2D eigenvalue weighted by Crippen LogP contribution is -2.09. The standard InChI is InChI=1S/C13H17NO2/c1-4-6-10-7-8-11(15)13(9(10)3)14-12(16)5-2/h5,7-8,15H,2,4,6H2,1,3H3,(H,14,16). The van der Waals surface area contributed by atoms with Gasteiger partial charge in [0.05, 0.1) is 5.69 Å². The number of nitrogens with one attached hydrogen (secondary N) is 1. The topological polar surface area (TPSA) is 49.3 Å². The molecule has 2 N–H and O–H groups in total. The van der Waals surface area contributed by atoms with Crippen molar-refractivity contribution in [2.75, 3.05) is 5.32 Å². The minimum absolute atomic E-state index is 0.0903. The Morgan fingerprint density at radius 2 is 2.25 bits per heavy atom. The molecule has 0 fully saturated rings. The molecule has 0 saturated heterocycles. The molecule has 0 aromatic heterocycles. The molecule has 0 unspecified atom stereocenters. The van der Waals surface area contributed by atoms with Crippen LogP contribution in [0.2, 0.25) is 0 Å². The maximum Gasteiger partial charge on any atom is 0.247 e. The molecule has 0 radical (unpaired) electrons. The molecule has 1 amide bonds. The van der Waals surface area contributed by atoms with Gasteiger partial charge in [-0.05, 0) is 36.6 Å². The van der Waals surface area contributed by atoms with Gasteiger partial charge in [0, 0.05) is 0 Å². The van der Waals surface area contributed by atoms with Gasteiger partial charge in [-0.3, -0.25) is 4.79 Å². The molecule has 0 saturated carbocycles. The molecule has 1 rings (SSSR count).